The highest BCUT2D eigenvalue weighted by Gasteiger charge is 2.40. The van der Waals surface area contributed by atoms with E-state index in [0.29, 0.717) is 5.41 Å². The number of benzene rings is 1. The molecular formula is C16H24N2. The Morgan fingerprint density at radius 1 is 1.33 bits per heavy atom. The van der Waals surface area contributed by atoms with Crippen LogP contribution in [0.15, 0.2) is 30.3 Å². The number of hydrogen-bond donors (Lipinski definition) is 2. The van der Waals surface area contributed by atoms with Crippen LogP contribution in [0.4, 0.5) is 0 Å². The molecule has 2 N–H and O–H groups in total. The van der Waals surface area contributed by atoms with Gasteiger partial charge in [-0.25, -0.2) is 0 Å². The summed E-state index contributed by atoms with van der Waals surface area (Å²) in [6.07, 6.45) is 3.94. The molecule has 2 heteroatoms. The summed E-state index contributed by atoms with van der Waals surface area (Å²) in [4.78, 5) is 0. The fourth-order valence-electron chi connectivity index (χ4n) is 3.21. The molecule has 18 heavy (non-hydrogen) atoms. The Labute approximate surface area is 110 Å². The molecule has 0 bridgehead atoms. The van der Waals surface area contributed by atoms with E-state index in [4.69, 9.17) is 0 Å². The zero-order chi connectivity index (χ0) is 12.4. The molecule has 1 saturated heterocycles. The van der Waals surface area contributed by atoms with Gasteiger partial charge in [0.05, 0.1) is 0 Å². The highest BCUT2D eigenvalue weighted by atomic mass is 15.0. The van der Waals surface area contributed by atoms with Gasteiger partial charge in [-0.15, -0.1) is 0 Å². The minimum absolute atomic E-state index is 0.518. The summed E-state index contributed by atoms with van der Waals surface area (Å²) < 4.78 is 0. The molecule has 2 aliphatic rings. The fourth-order valence-corrected chi connectivity index (χ4v) is 3.21. The molecule has 1 aromatic rings. The maximum absolute atomic E-state index is 3.80. The molecule has 0 aromatic heterocycles. The number of rotatable bonds is 5. The van der Waals surface area contributed by atoms with Gasteiger partial charge in [-0.2, -0.15) is 0 Å². The first-order chi connectivity index (χ1) is 8.83. The third-order valence-corrected chi connectivity index (χ3v) is 4.84. The summed E-state index contributed by atoms with van der Waals surface area (Å²) >= 11 is 0. The molecule has 2 nitrogen and oxygen atoms in total. The molecule has 3 atom stereocenters. The van der Waals surface area contributed by atoms with Crippen molar-refractivity contribution < 1.29 is 0 Å². The minimum Gasteiger partial charge on any atom is -0.316 e. The lowest BCUT2D eigenvalue weighted by Gasteiger charge is -2.27. The Bertz CT molecular complexity index is 381. The summed E-state index contributed by atoms with van der Waals surface area (Å²) in [5.41, 5.74) is 2.02. The van der Waals surface area contributed by atoms with Crippen LogP contribution in [0.3, 0.4) is 0 Å². The predicted molar refractivity (Wildman–Crippen MR) is 75.8 cm³/mol. The van der Waals surface area contributed by atoms with Crippen LogP contribution in [0.25, 0.3) is 0 Å². The van der Waals surface area contributed by atoms with Gasteiger partial charge in [-0.3, -0.25) is 0 Å². The normalized spacial score (nSPS) is 34.7. The lowest BCUT2D eigenvalue weighted by atomic mass is 9.84. The molecule has 3 unspecified atom stereocenters. The Morgan fingerprint density at radius 2 is 2.17 bits per heavy atom. The molecule has 1 saturated carbocycles. The lowest BCUT2D eigenvalue weighted by molar-refractivity contribution is 0.290. The van der Waals surface area contributed by atoms with E-state index in [9.17, 15) is 0 Å². The maximum atomic E-state index is 3.80. The first-order valence-corrected chi connectivity index (χ1v) is 7.32. The monoisotopic (exact) mass is 244 g/mol. The number of hydrogen-bond acceptors (Lipinski definition) is 2. The molecule has 1 aliphatic carbocycles. The van der Waals surface area contributed by atoms with Gasteiger partial charge in [0.2, 0.25) is 0 Å². The smallest absolute Gasteiger partial charge is 0.0143 e. The van der Waals surface area contributed by atoms with E-state index in [1.807, 2.05) is 0 Å². The van der Waals surface area contributed by atoms with Gasteiger partial charge in [-0.1, -0.05) is 37.3 Å². The summed E-state index contributed by atoms with van der Waals surface area (Å²) in [7, 11) is 0. The van der Waals surface area contributed by atoms with Crippen molar-refractivity contribution in [2.24, 2.45) is 5.41 Å². The van der Waals surface area contributed by atoms with Crippen molar-refractivity contribution in [1.29, 1.82) is 0 Å². The van der Waals surface area contributed by atoms with E-state index in [-0.39, 0.29) is 0 Å². The summed E-state index contributed by atoms with van der Waals surface area (Å²) in [6.45, 7) is 5.91. The highest BCUT2D eigenvalue weighted by molar-refractivity contribution is 5.27. The van der Waals surface area contributed by atoms with Crippen LogP contribution >= 0.6 is 0 Å². The molecule has 1 aliphatic heterocycles. The van der Waals surface area contributed by atoms with Crippen LogP contribution in [0.5, 0.6) is 0 Å². The van der Waals surface area contributed by atoms with E-state index in [1.165, 1.54) is 44.5 Å². The molecule has 3 rings (SSSR count). The SMILES string of the molecule is CCC1(CNC2CC2c2ccccc2)CCNC1. The number of nitrogens with one attached hydrogen (secondary N) is 2. The van der Waals surface area contributed by atoms with Crippen molar-refractivity contribution in [3.63, 3.8) is 0 Å². The summed E-state index contributed by atoms with van der Waals surface area (Å²) in [5.74, 6) is 0.759. The Morgan fingerprint density at radius 3 is 2.83 bits per heavy atom. The van der Waals surface area contributed by atoms with E-state index in [0.717, 1.165) is 12.0 Å². The summed E-state index contributed by atoms with van der Waals surface area (Å²) in [5, 5.41) is 7.31. The van der Waals surface area contributed by atoms with Gasteiger partial charge < -0.3 is 10.6 Å². The quantitative estimate of drug-likeness (QED) is 0.831. The van der Waals surface area contributed by atoms with Crippen molar-refractivity contribution >= 4 is 0 Å². The second-order valence-electron chi connectivity index (χ2n) is 6.02. The molecule has 2 fully saturated rings. The molecule has 0 spiro atoms. The molecule has 0 amide bonds. The van der Waals surface area contributed by atoms with Crippen molar-refractivity contribution in [1.82, 2.24) is 10.6 Å². The predicted octanol–water partition coefficient (Wildman–Crippen LogP) is 2.52. The third kappa shape index (κ3) is 2.45. The molecule has 1 aromatic carbocycles. The molecule has 98 valence electrons. The summed E-state index contributed by atoms with van der Waals surface area (Å²) in [6, 6.07) is 11.7. The fraction of sp³-hybridized carbons (Fsp3) is 0.625. The van der Waals surface area contributed by atoms with E-state index in [2.05, 4.69) is 47.9 Å². The van der Waals surface area contributed by atoms with Gasteiger partial charge >= 0.3 is 0 Å². The average Bonchev–Trinajstić information content (AvgIpc) is 3.07. The molecule has 1 heterocycles. The maximum Gasteiger partial charge on any atom is 0.0143 e. The lowest BCUT2D eigenvalue weighted by Crippen LogP contribution is -2.37. The van der Waals surface area contributed by atoms with Crippen LogP contribution in [-0.4, -0.2) is 25.7 Å². The van der Waals surface area contributed by atoms with Crippen molar-refractivity contribution in [3.8, 4) is 0 Å². The van der Waals surface area contributed by atoms with Gasteiger partial charge in [-0.05, 0) is 36.8 Å². The van der Waals surface area contributed by atoms with Crippen molar-refractivity contribution in [2.45, 2.75) is 38.1 Å². The van der Waals surface area contributed by atoms with Crippen LogP contribution in [0, 0.1) is 5.41 Å². The Kier molecular flexibility index (Phi) is 3.40. The van der Waals surface area contributed by atoms with E-state index >= 15 is 0 Å². The largest absolute Gasteiger partial charge is 0.316 e. The zero-order valence-electron chi connectivity index (χ0n) is 11.3. The van der Waals surface area contributed by atoms with E-state index < -0.39 is 0 Å². The van der Waals surface area contributed by atoms with Gasteiger partial charge in [0.15, 0.2) is 0 Å². The van der Waals surface area contributed by atoms with Crippen LogP contribution in [0.1, 0.15) is 37.7 Å². The van der Waals surface area contributed by atoms with E-state index in [1.54, 1.807) is 0 Å². The first kappa shape index (κ1) is 12.2. The van der Waals surface area contributed by atoms with Gasteiger partial charge in [0.25, 0.3) is 0 Å². The second-order valence-corrected chi connectivity index (χ2v) is 6.02. The van der Waals surface area contributed by atoms with Crippen molar-refractivity contribution in [3.05, 3.63) is 35.9 Å². The minimum atomic E-state index is 0.518. The third-order valence-electron chi connectivity index (χ3n) is 4.84. The molecular weight excluding hydrogens is 220 g/mol. The van der Waals surface area contributed by atoms with Crippen LogP contribution in [0.2, 0.25) is 0 Å². The average molecular weight is 244 g/mol. The standard InChI is InChI=1S/C16H24N2/c1-2-16(8-9-17-11-16)12-18-15-10-14(15)13-6-4-3-5-7-13/h3-7,14-15,17-18H,2,8-12H2,1H3. The van der Waals surface area contributed by atoms with Gasteiger partial charge in [0.1, 0.15) is 0 Å². The van der Waals surface area contributed by atoms with Gasteiger partial charge in [0, 0.05) is 25.0 Å². The van der Waals surface area contributed by atoms with Crippen LogP contribution < -0.4 is 10.6 Å². The topological polar surface area (TPSA) is 24.1 Å². The Hall–Kier alpha value is -0.860. The van der Waals surface area contributed by atoms with Crippen LogP contribution in [-0.2, 0) is 0 Å². The second kappa shape index (κ2) is 5.02. The molecule has 0 radical (unpaired) electrons. The first-order valence-electron chi connectivity index (χ1n) is 7.32. The highest BCUT2D eigenvalue weighted by Crippen LogP contribution is 2.41. The van der Waals surface area contributed by atoms with Crippen molar-refractivity contribution in [2.75, 3.05) is 19.6 Å². The zero-order valence-corrected chi connectivity index (χ0v) is 11.3. The Balaban J connectivity index is 1.51.